The molecular formula is C17H21N7. The zero-order valence-electron chi connectivity index (χ0n) is 13.7. The molecule has 0 bridgehead atoms. The van der Waals surface area contributed by atoms with Gasteiger partial charge >= 0.3 is 0 Å². The van der Waals surface area contributed by atoms with E-state index in [1.165, 1.54) is 6.42 Å². The highest BCUT2D eigenvalue weighted by atomic mass is 15.2. The number of aryl methyl sites for hydroxylation is 1. The van der Waals surface area contributed by atoms with Gasteiger partial charge in [0.1, 0.15) is 0 Å². The largest absolute Gasteiger partial charge is 0.350 e. The molecule has 1 atom stereocenters. The van der Waals surface area contributed by atoms with Gasteiger partial charge in [0.05, 0.1) is 11.4 Å². The van der Waals surface area contributed by atoms with E-state index in [0.717, 1.165) is 48.3 Å². The first-order valence-electron chi connectivity index (χ1n) is 8.47. The van der Waals surface area contributed by atoms with Crippen molar-refractivity contribution < 1.29 is 0 Å². The fraction of sp³-hybridized carbons (Fsp3) is 0.412. The Morgan fingerprint density at radius 1 is 1.33 bits per heavy atom. The summed E-state index contributed by atoms with van der Waals surface area (Å²) < 4.78 is 0. The van der Waals surface area contributed by atoms with E-state index in [2.05, 4.69) is 37.7 Å². The molecule has 0 aromatic carbocycles. The normalized spacial score (nSPS) is 18.0. The van der Waals surface area contributed by atoms with Crippen molar-refractivity contribution in [2.24, 2.45) is 0 Å². The van der Waals surface area contributed by atoms with Crippen molar-refractivity contribution in [3.8, 4) is 11.4 Å². The molecule has 1 saturated heterocycles. The number of hydrogen-bond donors (Lipinski definition) is 3. The summed E-state index contributed by atoms with van der Waals surface area (Å²) in [4.78, 5) is 13.6. The molecule has 0 spiro atoms. The van der Waals surface area contributed by atoms with Gasteiger partial charge in [-0.05, 0) is 43.5 Å². The van der Waals surface area contributed by atoms with Gasteiger partial charge in [0, 0.05) is 30.4 Å². The molecule has 1 fully saturated rings. The van der Waals surface area contributed by atoms with E-state index in [4.69, 9.17) is 4.98 Å². The van der Waals surface area contributed by atoms with Crippen molar-refractivity contribution in [3.05, 3.63) is 30.1 Å². The van der Waals surface area contributed by atoms with Crippen molar-refractivity contribution in [2.45, 2.75) is 32.2 Å². The lowest BCUT2D eigenvalue weighted by atomic mass is 10.1. The lowest BCUT2D eigenvalue weighted by Gasteiger charge is -2.24. The molecule has 124 valence electrons. The maximum atomic E-state index is 4.78. The standard InChI is InChI=1S/C17H21N7/c1-2-11-9-20-17(21-12-5-3-7-18-10-12)22-14(11)15-13-6-4-8-19-16(13)24-23-15/h4,6,8-9,12,18H,2-3,5,7,10H2,1H3,(H,19,23,24)(H,20,21,22)/t12-/m1/s1. The monoisotopic (exact) mass is 323 g/mol. The van der Waals surface area contributed by atoms with E-state index < -0.39 is 0 Å². The smallest absolute Gasteiger partial charge is 0.223 e. The third-order valence-corrected chi connectivity index (χ3v) is 4.44. The third kappa shape index (κ3) is 2.82. The molecule has 24 heavy (non-hydrogen) atoms. The van der Waals surface area contributed by atoms with Crippen LogP contribution in [0.1, 0.15) is 25.3 Å². The van der Waals surface area contributed by atoms with Crippen molar-refractivity contribution >= 4 is 17.0 Å². The van der Waals surface area contributed by atoms with Crippen LogP contribution in [0, 0.1) is 0 Å². The Morgan fingerprint density at radius 3 is 3.12 bits per heavy atom. The van der Waals surface area contributed by atoms with Crippen LogP contribution in [0.5, 0.6) is 0 Å². The van der Waals surface area contributed by atoms with E-state index in [0.29, 0.717) is 17.6 Å². The summed E-state index contributed by atoms with van der Waals surface area (Å²) in [5.41, 5.74) is 3.60. The molecule has 4 heterocycles. The van der Waals surface area contributed by atoms with Crippen LogP contribution in [-0.2, 0) is 6.42 Å². The number of fused-ring (bicyclic) bond motifs is 1. The summed E-state index contributed by atoms with van der Waals surface area (Å²) in [5, 5.41) is 15.2. The molecule has 0 saturated carbocycles. The predicted octanol–water partition coefficient (Wildman–Crippen LogP) is 2.14. The van der Waals surface area contributed by atoms with E-state index in [9.17, 15) is 0 Å². The topological polar surface area (TPSA) is 91.4 Å². The second-order valence-corrected chi connectivity index (χ2v) is 6.08. The number of anilines is 1. The third-order valence-electron chi connectivity index (χ3n) is 4.44. The van der Waals surface area contributed by atoms with Gasteiger partial charge in [-0.15, -0.1) is 0 Å². The number of pyridine rings is 1. The minimum absolute atomic E-state index is 0.374. The molecular weight excluding hydrogens is 302 g/mol. The Hall–Kier alpha value is -2.54. The molecule has 4 rings (SSSR count). The first-order valence-corrected chi connectivity index (χ1v) is 8.47. The van der Waals surface area contributed by atoms with Crippen molar-refractivity contribution in [2.75, 3.05) is 18.4 Å². The first-order chi connectivity index (χ1) is 11.8. The summed E-state index contributed by atoms with van der Waals surface area (Å²) in [6.07, 6.45) is 6.83. The molecule has 1 aliphatic heterocycles. The van der Waals surface area contributed by atoms with Gasteiger partial charge in [-0.25, -0.2) is 15.0 Å². The summed E-state index contributed by atoms with van der Waals surface area (Å²) in [6, 6.07) is 4.31. The molecule has 0 unspecified atom stereocenters. The minimum atomic E-state index is 0.374. The number of aromatic nitrogens is 5. The van der Waals surface area contributed by atoms with E-state index >= 15 is 0 Å². The second kappa shape index (κ2) is 6.52. The summed E-state index contributed by atoms with van der Waals surface area (Å²) in [7, 11) is 0. The summed E-state index contributed by atoms with van der Waals surface area (Å²) >= 11 is 0. The van der Waals surface area contributed by atoms with Gasteiger partial charge in [0.15, 0.2) is 5.65 Å². The van der Waals surface area contributed by atoms with Gasteiger partial charge in [-0.1, -0.05) is 6.92 Å². The minimum Gasteiger partial charge on any atom is -0.350 e. The van der Waals surface area contributed by atoms with Crippen LogP contribution in [0.4, 0.5) is 5.95 Å². The van der Waals surface area contributed by atoms with Crippen LogP contribution in [0.2, 0.25) is 0 Å². The lowest BCUT2D eigenvalue weighted by Crippen LogP contribution is -2.38. The Labute approximate surface area is 140 Å². The maximum absolute atomic E-state index is 4.78. The second-order valence-electron chi connectivity index (χ2n) is 6.08. The van der Waals surface area contributed by atoms with Gasteiger partial charge in [0.25, 0.3) is 0 Å². The molecule has 7 heteroatoms. The SMILES string of the molecule is CCc1cnc(N[C@@H]2CCCNC2)nc1-c1[nH]nc2ncccc12. The fourth-order valence-electron chi connectivity index (χ4n) is 3.14. The van der Waals surface area contributed by atoms with Gasteiger partial charge in [0.2, 0.25) is 5.95 Å². The zero-order chi connectivity index (χ0) is 16.4. The Balaban J connectivity index is 1.71. The molecule has 3 N–H and O–H groups in total. The van der Waals surface area contributed by atoms with Crippen molar-refractivity contribution in [3.63, 3.8) is 0 Å². The van der Waals surface area contributed by atoms with Crippen molar-refractivity contribution in [1.29, 1.82) is 0 Å². The Morgan fingerprint density at radius 2 is 2.29 bits per heavy atom. The van der Waals surface area contributed by atoms with Crippen LogP contribution >= 0.6 is 0 Å². The van der Waals surface area contributed by atoms with E-state index in [1.54, 1.807) is 6.20 Å². The molecule has 0 radical (unpaired) electrons. The number of rotatable bonds is 4. The molecule has 7 nitrogen and oxygen atoms in total. The number of H-pyrrole nitrogens is 1. The van der Waals surface area contributed by atoms with E-state index in [1.807, 2.05) is 18.3 Å². The average molecular weight is 323 g/mol. The molecule has 0 aliphatic carbocycles. The highest BCUT2D eigenvalue weighted by molar-refractivity contribution is 5.90. The number of nitrogens with zero attached hydrogens (tertiary/aromatic N) is 4. The lowest BCUT2D eigenvalue weighted by molar-refractivity contribution is 0.478. The number of hydrogen-bond acceptors (Lipinski definition) is 6. The summed E-state index contributed by atoms with van der Waals surface area (Å²) in [5.74, 6) is 0.669. The van der Waals surface area contributed by atoms with Crippen molar-refractivity contribution in [1.82, 2.24) is 30.5 Å². The number of piperidine rings is 1. The molecule has 3 aromatic heterocycles. The Bertz CT molecular complexity index is 836. The molecule has 0 amide bonds. The highest BCUT2D eigenvalue weighted by Crippen LogP contribution is 2.27. The van der Waals surface area contributed by atoms with Crippen LogP contribution in [0.3, 0.4) is 0 Å². The Kier molecular flexibility index (Phi) is 4.08. The highest BCUT2D eigenvalue weighted by Gasteiger charge is 2.17. The van der Waals surface area contributed by atoms with Crippen LogP contribution in [0.15, 0.2) is 24.5 Å². The van der Waals surface area contributed by atoms with Gasteiger partial charge in [-0.2, -0.15) is 5.10 Å². The maximum Gasteiger partial charge on any atom is 0.223 e. The number of nitrogens with one attached hydrogen (secondary N) is 3. The average Bonchev–Trinajstić information content (AvgIpc) is 3.06. The number of aromatic amines is 1. The van der Waals surface area contributed by atoms with Crippen LogP contribution in [0.25, 0.3) is 22.4 Å². The first kappa shape index (κ1) is 15.0. The van der Waals surface area contributed by atoms with Gasteiger partial charge in [-0.3, -0.25) is 5.10 Å². The molecule has 3 aromatic rings. The zero-order valence-corrected chi connectivity index (χ0v) is 13.7. The molecule has 1 aliphatic rings. The predicted molar refractivity (Wildman–Crippen MR) is 93.8 cm³/mol. The fourth-order valence-corrected chi connectivity index (χ4v) is 3.14. The van der Waals surface area contributed by atoms with Gasteiger partial charge < -0.3 is 10.6 Å². The van der Waals surface area contributed by atoms with Crippen LogP contribution < -0.4 is 10.6 Å². The summed E-state index contributed by atoms with van der Waals surface area (Å²) in [6.45, 7) is 4.15. The quantitative estimate of drug-likeness (QED) is 0.681. The van der Waals surface area contributed by atoms with E-state index in [-0.39, 0.29) is 0 Å². The van der Waals surface area contributed by atoms with Crippen LogP contribution in [-0.4, -0.2) is 44.3 Å².